The van der Waals surface area contributed by atoms with E-state index in [4.69, 9.17) is 11.5 Å². The van der Waals surface area contributed by atoms with Crippen molar-refractivity contribution in [3.05, 3.63) is 77.9 Å². The lowest BCUT2D eigenvalue weighted by atomic mass is 10.0. The molecule has 0 unspecified atom stereocenters. The number of hydrogen-bond acceptors (Lipinski definition) is 3. The van der Waals surface area contributed by atoms with E-state index in [9.17, 15) is 14.7 Å². The van der Waals surface area contributed by atoms with Crippen LogP contribution in [0.4, 0.5) is 0 Å². The van der Waals surface area contributed by atoms with Crippen LogP contribution in [0.15, 0.2) is 66.7 Å². The zero-order valence-corrected chi connectivity index (χ0v) is 12.3. The monoisotopic (exact) mass is 308 g/mol. The molecule has 0 radical (unpaired) electrons. The molecule has 0 spiro atoms. The molecule has 0 aliphatic carbocycles. The van der Waals surface area contributed by atoms with Gasteiger partial charge in [-0.05, 0) is 29.0 Å². The third-order valence-corrected chi connectivity index (χ3v) is 3.21. The highest BCUT2D eigenvalue weighted by atomic mass is 16.3. The first kappa shape index (κ1) is 16.0. The number of benzene rings is 3. The van der Waals surface area contributed by atoms with E-state index in [0.717, 1.165) is 5.39 Å². The Labute approximate surface area is 133 Å². The molecule has 0 bridgehead atoms. The molecule has 5 nitrogen and oxygen atoms in total. The molecule has 3 aromatic rings. The van der Waals surface area contributed by atoms with Crippen LogP contribution in [-0.4, -0.2) is 16.9 Å². The van der Waals surface area contributed by atoms with Gasteiger partial charge in [0.15, 0.2) is 0 Å². The molecule has 0 fully saturated rings. The van der Waals surface area contributed by atoms with Gasteiger partial charge in [0, 0.05) is 5.56 Å². The molecule has 0 aromatic heterocycles. The highest BCUT2D eigenvalue weighted by molar-refractivity contribution is 6.08. The summed E-state index contributed by atoms with van der Waals surface area (Å²) in [6, 6.07) is 19.3. The van der Waals surface area contributed by atoms with Crippen LogP contribution >= 0.6 is 0 Å². The van der Waals surface area contributed by atoms with Gasteiger partial charge in [0.25, 0.3) is 5.91 Å². The number of primary amides is 2. The lowest BCUT2D eigenvalue weighted by molar-refractivity contribution is 0.0991. The van der Waals surface area contributed by atoms with Crippen LogP contribution in [0.3, 0.4) is 0 Å². The zero-order chi connectivity index (χ0) is 16.8. The van der Waals surface area contributed by atoms with Gasteiger partial charge in [0.1, 0.15) is 5.75 Å². The minimum Gasteiger partial charge on any atom is -0.507 e. The molecule has 0 aliphatic rings. The van der Waals surface area contributed by atoms with Crippen molar-refractivity contribution in [2.45, 2.75) is 0 Å². The van der Waals surface area contributed by atoms with E-state index in [1.807, 2.05) is 18.2 Å². The van der Waals surface area contributed by atoms with Gasteiger partial charge < -0.3 is 16.6 Å². The summed E-state index contributed by atoms with van der Waals surface area (Å²) in [5.74, 6) is -1.06. The fourth-order valence-electron chi connectivity index (χ4n) is 2.12. The highest BCUT2D eigenvalue weighted by Gasteiger charge is 2.11. The zero-order valence-electron chi connectivity index (χ0n) is 12.3. The van der Waals surface area contributed by atoms with Gasteiger partial charge >= 0.3 is 0 Å². The van der Waals surface area contributed by atoms with Gasteiger partial charge in [-0.25, -0.2) is 0 Å². The number of rotatable bonds is 2. The first-order chi connectivity index (χ1) is 11.0. The number of phenols is 1. The third kappa shape index (κ3) is 3.85. The summed E-state index contributed by atoms with van der Waals surface area (Å²) in [7, 11) is 0. The maximum Gasteiger partial charge on any atom is 0.253 e. The molecular weight excluding hydrogens is 292 g/mol. The number of carbonyl (C=O) groups is 2. The van der Waals surface area contributed by atoms with Gasteiger partial charge in [-0.2, -0.15) is 0 Å². The lowest BCUT2D eigenvalue weighted by Crippen LogP contribution is -2.11. The van der Waals surface area contributed by atoms with Crippen molar-refractivity contribution < 1.29 is 14.7 Å². The van der Waals surface area contributed by atoms with E-state index in [0.29, 0.717) is 10.9 Å². The number of hydrogen-bond donors (Lipinski definition) is 3. The first-order valence-electron chi connectivity index (χ1n) is 6.86. The fraction of sp³-hybridized carbons (Fsp3) is 0. The van der Waals surface area contributed by atoms with Crippen LogP contribution in [0.25, 0.3) is 10.8 Å². The Morgan fingerprint density at radius 2 is 1.35 bits per heavy atom. The van der Waals surface area contributed by atoms with Crippen LogP contribution in [0.1, 0.15) is 20.7 Å². The Bertz CT molecular complexity index is 845. The maximum atomic E-state index is 11.1. The third-order valence-electron chi connectivity index (χ3n) is 3.21. The van der Waals surface area contributed by atoms with Gasteiger partial charge in [-0.3, -0.25) is 9.59 Å². The van der Waals surface area contributed by atoms with E-state index in [-0.39, 0.29) is 17.2 Å². The normalized spacial score (nSPS) is 9.74. The predicted molar refractivity (Wildman–Crippen MR) is 89.1 cm³/mol. The highest BCUT2D eigenvalue weighted by Crippen LogP contribution is 2.26. The number of nitrogens with two attached hydrogens (primary N) is 2. The Hall–Kier alpha value is -3.34. The van der Waals surface area contributed by atoms with Crippen molar-refractivity contribution in [2.24, 2.45) is 11.5 Å². The molecule has 0 heterocycles. The van der Waals surface area contributed by atoms with E-state index in [1.54, 1.807) is 42.5 Å². The lowest BCUT2D eigenvalue weighted by Gasteiger charge is -2.04. The molecule has 0 saturated heterocycles. The van der Waals surface area contributed by atoms with Gasteiger partial charge in [-0.15, -0.1) is 0 Å². The van der Waals surface area contributed by atoms with Crippen LogP contribution in [-0.2, 0) is 0 Å². The number of aromatic hydroxyl groups is 1. The van der Waals surface area contributed by atoms with Crippen LogP contribution in [0, 0.1) is 0 Å². The Kier molecular flexibility index (Phi) is 4.94. The van der Waals surface area contributed by atoms with Gasteiger partial charge in [0.2, 0.25) is 5.91 Å². The van der Waals surface area contributed by atoms with Gasteiger partial charge in [-0.1, -0.05) is 48.5 Å². The standard InChI is InChI=1S/C11H9NO2.C7H7NO/c12-11(14)10-8-4-2-1-3-7(8)5-6-9(10)13;8-7(9)6-4-2-1-3-5-6/h1-6,13H,(H2,12,14);1-5H,(H2,8,9). The largest absolute Gasteiger partial charge is 0.507 e. The summed E-state index contributed by atoms with van der Waals surface area (Å²) in [5.41, 5.74) is 10.9. The van der Waals surface area contributed by atoms with E-state index >= 15 is 0 Å². The van der Waals surface area contributed by atoms with Crippen molar-refractivity contribution >= 4 is 22.6 Å². The van der Waals surface area contributed by atoms with Crippen LogP contribution < -0.4 is 11.5 Å². The second kappa shape index (κ2) is 7.09. The van der Waals surface area contributed by atoms with Crippen molar-refractivity contribution in [1.82, 2.24) is 0 Å². The second-order valence-electron chi connectivity index (χ2n) is 4.78. The average molecular weight is 308 g/mol. The molecule has 5 N–H and O–H groups in total. The summed E-state index contributed by atoms with van der Waals surface area (Å²) in [6.07, 6.45) is 0. The fourth-order valence-corrected chi connectivity index (χ4v) is 2.12. The molecule has 116 valence electrons. The molecule has 0 saturated carbocycles. The molecule has 0 atom stereocenters. The number of fused-ring (bicyclic) bond motifs is 1. The smallest absolute Gasteiger partial charge is 0.253 e. The summed E-state index contributed by atoms with van der Waals surface area (Å²) in [4.78, 5) is 21.5. The topological polar surface area (TPSA) is 106 Å². The SMILES string of the molecule is NC(=O)c1c(O)ccc2ccccc12.NC(=O)c1ccccc1. The molecule has 0 aliphatic heterocycles. The second-order valence-corrected chi connectivity index (χ2v) is 4.78. The average Bonchev–Trinajstić information content (AvgIpc) is 2.55. The first-order valence-corrected chi connectivity index (χ1v) is 6.86. The maximum absolute atomic E-state index is 11.1. The molecule has 5 heteroatoms. The Morgan fingerprint density at radius 3 is 1.91 bits per heavy atom. The van der Waals surface area contributed by atoms with Crippen LogP contribution in [0.2, 0.25) is 0 Å². The van der Waals surface area contributed by atoms with Crippen molar-refractivity contribution in [2.75, 3.05) is 0 Å². The van der Waals surface area contributed by atoms with Gasteiger partial charge in [0.05, 0.1) is 5.56 Å². The molecule has 3 rings (SSSR count). The summed E-state index contributed by atoms with van der Waals surface area (Å²) in [5, 5.41) is 11.0. The van der Waals surface area contributed by atoms with Crippen molar-refractivity contribution in [1.29, 1.82) is 0 Å². The minimum atomic E-state index is -0.612. The Morgan fingerprint density at radius 1 is 0.739 bits per heavy atom. The van der Waals surface area contributed by atoms with Crippen molar-refractivity contribution in [3.63, 3.8) is 0 Å². The molecule has 2 amide bonds. The number of carbonyl (C=O) groups excluding carboxylic acids is 2. The Balaban J connectivity index is 0.000000185. The molecule has 23 heavy (non-hydrogen) atoms. The van der Waals surface area contributed by atoms with E-state index in [1.165, 1.54) is 6.07 Å². The van der Waals surface area contributed by atoms with E-state index in [2.05, 4.69) is 0 Å². The summed E-state index contributed by atoms with van der Waals surface area (Å²) < 4.78 is 0. The van der Waals surface area contributed by atoms with Crippen molar-refractivity contribution in [3.8, 4) is 5.75 Å². The van der Waals surface area contributed by atoms with E-state index < -0.39 is 5.91 Å². The molecule has 3 aromatic carbocycles. The minimum absolute atomic E-state index is 0.0730. The molecular formula is C18H16N2O3. The summed E-state index contributed by atoms with van der Waals surface area (Å²) in [6.45, 7) is 0. The predicted octanol–water partition coefficient (Wildman–Crippen LogP) is 2.43. The van der Waals surface area contributed by atoms with Crippen LogP contribution in [0.5, 0.6) is 5.75 Å². The number of amides is 2. The quantitative estimate of drug-likeness (QED) is 0.676. The summed E-state index contributed by atoms with van der Waals surface area (Å²) >= 11 is 0.